The highest BCUT2D eigenvalue weighted by atomic mass is 28.4. The molecule has 6 heteroatoms. The summed E-state index contributed by atoms with van der Waals surface area (Å²) < 4.78 is 11.7. The van der Waals surface area contributed by atoms with Gasteiger partial charge in [-0.05, 0) is 29.3 Å². The molecule has 2 aromatic carbocycles. The Morgan fingerprint density at radius 3 is 2.10 bits per heavy atom. The number of hydrogen-bond donors (Lipinski definition) is 0. The lowest BCUT2D eigenvalue weighted by Crippen LogP contribution is -2.48. The number of esters is 1. The Kier molecular flexibility index (Phi) is 5.96. The standard InChI is InChI=1S/C23H29NO4Si/c1-23(2,3)29(4,5)28-20(18-14-10-7-11-15-18)19-21(25)27-22(26)24(19)16-17-12-8-6-9-13-17/h6-15,19-20H,16H2,1-5H3/t19-,20+/m0/s1. The van der Waals surface area contributed by atoms with Gasteiger partial charge in [0, 0.05) is 0 Å². The highest BCUT2D eigenvalue weighted by Crippen LogP contribution is 2.42. The van der Waals surface area contributed by atoms with E-state index in [-0.39, 0.29) is 5.04 Å². The van der Waals surface area contributed by atoms with Crippen LogP contribution in [0.4, 0.5) is 4.79 Å². The summed E-state index contributed by atoms with van der Waals surface area (Å²) in [6.07, 6.45) is -1.21. The molecule has 1 aliphatic rings. The van der Waals surface area contributed by atoms with E-state index in [1.165, 1.54) is 4.90 Å². The molecule has 2 aromatic rings. The second-order valence-electron chi connectivity index (χ2n) is 8.95. The van der Waals surface area contributed by atoms with E-state index in [4.69, 9.17) is 9.16 Å². The third kappa shape index (κ3) is 4.59. The topological polar surface area (TPSA) is 55.8 Å². The Labute approximate surface area is 173 Å². The Balaban J connectivity index is 2.00. The number of ether oxygens (including phenoxy) is 1. The van der Waals surface area contributed by atoms with Gasteiger partial charge in [0.1, 0.15) is 6.10 Å². The van der Waals surface area contributed by atoms with Crippen LogP contribution in [0.2, 0.25) is 18.1 Å². The molecule has 1 amide bonds. The number of rotatable bonds is 6. The van der Waals surface area contributed by atoms with Crippen molar-refractivity contribution >= 4 is 20.4 Å². The lowest BCUT2D eigenvalue weighted by Gasteiger charge is -2.41. The van der Waals surface area contributed by atoms with Crippen molar-refractivity contribution in [1.82, 2.24) is 4.90 Å². The minimum atomic E-state index is -2.24. The van der Waals surface area contributed by atoms with Gasteiger partial charge in [-0.25, -0.2) is 9.59 Å². The van der Waals surface area contributed by atoms with Crippen LogP contribution < -0.4 is 0 Å². The van der Waals surface area contributed by atoms with Gasteiger partial charge in [-0.3, -0.25) is 4.90 Å². The Morgan fingerprint density at radius 2 is 1.55 bits per heavy atom. The first-order valence-corrected chi connectivity index (χ1v) is 12.8. The fourth-order valence-electron chi connectivity index (χ4n) is 3.13. The molecule has 154 valence electrons. The molecule has 29 heavy (non-hydrogen) atoms. The van der Waals surface area contributed by atoms with Crippen LogP contribution in [0.1, 0.15) is 38.0 Å². The summed E-state index contributed by atoms with van der Waals surface area (Å²) in [6.45, 7) is 11.0. The fourth-order valence-corrected chi connectivity index (χ4v) is 4.38. The van der Waals surface area contributed by atoms with E-state index in [2.05, 4.69) is 33.9 Å². The number of carbonyl (C=O) groups excluding carboxylic acids is 2. The number of hydrogen-bond acceptors (Lipinski definition) is 4. The van der Waals surface area contributed by atoms with E-state index < -0.39 is 32.5 Å². The molecule has 0 radical (unpaired) electrons. The van der Waals surface area contributed by atoms with Crippen LogP contribution in [-0.2, 0) is 20.5 Å². The minimum absolute atomic E-state index is 0.0448. The highest BCUT2D eigenvalue weighted by Gasteiger charge is 2.50. The summed E-state index contributed by atoms with van der Waals surface area (Å²) in [4.78, 5) is 26.8. The van der Waals surface area contributed by atoms with Crippen molar-refractivity contribution in [2.75, 3.05) is 0 Å². The van der Waals surface area contributed by atoms with Gasteiger partial charge in [-0.15, -0.1) is 0 Å². The van der Waals surface area contributed by atoms with Gasteiger partial charge >= 0.3 is 12.1 Å². The molecule has 1 heterocycles. The molecular weight excluding hydrogens is 382 g/mol. The quantitative estimate of drug-likeness (QED) is 0.368. The SMILES string of the molecule is CC(C)(C)[Si](C)(C)O[C@H](c1ccccc1)[C@H]1C(=O)OC(=O)N1Cc1ccccc1. The van der Waals surface area contributed by atoms with Crippen molar-refractivity contribution in [2.24, 2.45) is 0 Å². The lowest BCUT2D eigenvalue weighted by atomic mass is 10.0. The van der Waals surface area contributed by atoms with Crippen LogP contribution in [0, 0.1) is 0 Å². The maximum atomic E-state index is 12.8. The van der Waals surface area contributed by atoms with Gasteiger partial charge in [0.25, 0.3) is 0 Å². The first kappa shape index (κ1) is 21.3. The maximum absolute atomic E-state index is 12.8. The first-order chi connectivity index (χ1) is 13.6. The van der Waals surface area contributed by atoms with Crippen molar-refractivity contribution < 1.29 is 18.8 Å². The number of nitrogens with zero attached hydrogens (tertiary/aromatic N) is 1. The second kappa shape index (κ2) is 8.12. The predicted molar refractivity (Wildman–Crippen MR) is 115 cm³/mol. The summed E-state index contributed by atoms with van der Waals surface area (Å²) in [6, 6.07) is 18.4. The predicted octanol–water partition coefficient (Wildman–Crippen LogP) is 5.30. The van der Waals surface area contributed by atoms with Crippen LogP contribution in [-0.4, -0.2) is 31.3 Å². The molecule has 0 aromatic heterocycles. The average Bonchev–Trinajstić information content (AvgIpc) is 2.93. The monoisotopic (exact) mass is 411 g/mol. The van der Waals surface area contributed by atoms with Crippen molar-refractivity contribution in [1.29, 1.82) is 0 Å². The third-order valence-electron chi connectivity index (χ3n) is 5.84. The van der Waals surface area contributed by atoms with Crippen molar-refractivity contribution in [2.45, 2.75) is 57.6 Å². The largest absolute Gasteiger partial charge is 0.418 e. The summed E-state index contributed by atoms with van der Waals surface area (Å²) >= 11 is 0. The van der Waals surface area contributed by atoms with E-state index in [1.54, 1.807) is 0 Å². The Bertz CT molecular complexity index is 861. The van der Waals surface area contributed by atoms with E-state index in [0.29, 0.717) is 6.54 Å². The Hall–Kier alpha value is -2.44. The Morgan fingerprint density at radius 1 is 1.00 bits per heavy atom. The molecule has 0 spiro atoms. The van der Waals surface area contributed by atoms with Gasteiger partial charge in [0.2, 0.25) is 0 Å². The number of benzene rings is 2. The highest BCUT2D eigenvalue weighted by molar-refractivity contribution is 6.74. The van der Waals surface area contributed by atoms with E-state index in [0.717, 1.165) is 11.1 Å². The summed E-state index contributed by atoms with van der Waals surface area (Å²) in [7, 11) is -2.24. The normalized spacial score (nSPS) is 18.7. The molecule has 1 fully saturated rings. The lowest BCUT2D eigenvalue weighted by molar-refractivity contribution is -0.138. The summed E-state index contributed by atoms with van der Waals surface area (Å²) in [5.74, 6) is -0.557. The smallest absolute Gasteiger partial charge is 0.407 e. The van der Waals surface area contributed by atoms with Crippen LogP contribution in [0.3, 0.4) is 0 Å². The fraction of sp³-hybridized carbons (Fsp3) is 0.391. The van der Waals surface area contributed by atoms with Crippen LogP contribution in [0.5, 0.6) is 0 Å². The zero-order valence-electron chi connectivity index (χ0n) is 17.7. The number of carbonyl (C=O) groups is 2. The summed E-state index contributed by atoms with van der Waals surface area (Å²) in [5, 5.41) is -0.0448. The van der Waals surface area contributed by atoms with Gasteiger partial charge in [0.05, 0.1) is 6.54 Å². The second-order valence-corrected chi connectivity index (χ2v) is 13.7. The van der Waals surface area contributed by atoms with E-state index >= 15 is 0 Å². The molecule has 5 nitrogen and oxygen atoms in total. The average molecular weight is 412 g/mol. The molecule has 0 unspecified atom stereocenters. The zero-order valence-corrected chi connectivity index (χ0v) is 18.7. The molecular formula is C23H29NO4Si. The molecule has 2 atom stereocenters. The van der Waals surface area contributed by atoms with Crippen LogP contribution in [0.25, 0.3) is 0 Å². The summed E-state index contributed by atoms with van der Waals surface area (Å²) in [5.41, 5.74) is 1.80. The van der Waals surface area contributed by atoms with Gasteiger partial charge in [-0.1, -0.05) is 81.4 Å². The van der Waals surface area contributed by atoms with Crippen molar-refractivity contribution in [3.8, 4) is 0 Å². The molecule has 1 saturated heterocycles. The molecule has 0 aliphatic carbocycles. The van der Waals surface area contributed by atoms with E-state index in [1.807, 2.05) is 60.7 Å². The van der Waals surface area contributed by atoms with Crippen molar-refractivity contribution in [3.05, 3.63) is 71.8 Å². The van der Waals surface area contributed by atoms with Crippen molar-refractivity contribution in [3.63, 3.8) is 0 Å². The molecule has 0 N–H and O–H groups in total. The van der Waals surface area contributed by atoms with Crippen LogP contribution in [0.15, 0.2) is 60.7 Å². The molecule has 0 bridgehead atoms. The maximum Gasteiger partial charge on any atom is 0.418 e. The zero-order chi connectivity index (χ0) is 21.2. The minimum Gasteiger partial charge on any atom is -0.407 e. The van der Waals surface area contributed by atoms with Gasteiger partial charge in [-0.2, -0.15) is 0 Å². The van der Waals surface area contributed by atoms with Gasteiger partial charge in [0.15, 0.2) is 14.4 Å². The van der Waals surface area contributed by atoms with E-state index in [9.17, 15) is 9.59 Å². The number of cyclic esters (lactones) is 2. The first-order valence-electron chi connectivity index (χ1n) is 9.89. The molecule has 0 saturated carbocycles. The number of amides is 1. The molecule has 1 aliphatic heterocycles. The molecule has 3 rings (SSSR count). The van der Waals surface area contributed by atoms with Gasteiger partial charge < -0.3 is 9.16 Å². The third-order valence-corrected chi connectivity index (χ3v) is 10.3. The van der Waals surface area contributed by atoms with Crippen LogP contribution >= 0.6 is 0 Å².